The van der Waals surface area contributed by atoms with Gasteiger partial charge in [0.15, 0.2) is 0 Å². The summed E-state index contributed by atoms with van der Waals surface area (Å²) in [5.74, 6) is 0.302. The van der Waals surface area contributed by atoms with Gasteiger partial charge < -0.3 is 10.1 Å². The van der Waals surface area contributed by atoms with Gasteiger partial charge in [-0.15, -0.1) is 0 Å². The molecule has 6 nitrogen and oxygen atoms in total. The number of ether oxygens (including phenoxy) is 1. The second-order valence-electron chi connectivity index (χ2n) is 6.88. The third-order valence-corrected chi connectivity index (χ3v) is 6.73. The number of nitrogens with one attached hydrogen (secondary N) is 1. The van der Waals surface area contributed by atoms with E-state index < -0.39 is 10.0 Å². The molecule has 1 N–H and O–H groups in total. The summed E-state index contributed by atoms with van der Waals surface area (Å²) in [6.45, 7) is 2.15. The van der Waals surface area contributed by atoms with Crippen LogP contribution in [0.5, 0.6) is 5.75 Å². The van der Waals surface area contributed by atoms with E-state index in [0.29, 0.717) is 12.4 Å². The van der Waals surface area contributed by atoms with Gasteiger partial charge in [-0.2, -0.15) is 4.31 Å². The van der Waals surface area contributed by atoms with Gasteiger partial charge in [0, 0.05) is 7.05 Å². The van der Waals surface area contributed by atoms with Crippen molar-refractivity contribution in [3.63, 3.8) is 0 Å². The lowest BCUT2D eigenvalue weighted by Gasteiger charge is -2.27. The number of rotatable bonds is 7. The largest absolute Gasteiger partial charge is 0.494 e. The summed E-state index contributed by atoms with van der Waals surface area (Å²) < 4.78 is 31.9. The predicted molar refractivity (Wildman–Crippen MR) is 108 cm³/mol. The molecule has 0 spiro atoms. The van der Waals surface area contributed by atoms with Gasteiger partial charge in [0.1, 0.15) is 5.75 Å². The lowest BCUT2D eigenvalue weighted by Crippen LogP contribution is -2.40. The maximum Gasteiger partial charge on any atom is 0.243 e. The molecule has 3 rings (SSSR count). The molecule has 0 unspecified atom stereocenters. The van der Waals surface area contributed by atoms with Crippen LogP contribution in [0.2, 0.25) is 0 Å². The second-order valence-corrected chi connectivity index (χ2v) is 8.92. The topological polar surface area (TPSA) is 75.7 Å². The van der Waals surface area contributed by atoms with Crippen molar-refractivity contribution in [3.8, 4) is 5.75 Å². The Labute approximate surface area is 166 Å². The Bertz CT molecular complexity index is 926. The molecule has 0 saturated carbocycles. The molecule has 7 heteroatoms. The van der Waals surface area contributed by atoms with Crippen molar-refractivity contribution in [3.05, 3.63) is 59.7 Å². The molecule has 1 amide bonds. The van der Waals surface area contributed by atoms with Crippen LogP contribution in [0.25, 0.3) is 0 Å². The molecule has 2 aromatic carbocycles. The van der Waals surface area contributed by atoms with Gasteiger partial charge >= 0.3 is 0 Å². The first-order valence-electron chi connectivity index (χ1n) is 9.48. The number of hydrogen-bond acceptors (Lipinski definition) is 4. The number of sulfonamides is 1. The molecule has 2 aromatic rings. The van der Waals surface area contributed by atoms with Crippen LogP contribution in [0.3, 0.4) is 0 Å². The van der Waals surface area contributed by atoms with Gasteiger partial charge in [-0.3, -0.25) is 4.79 Å². The number of likely N-dealkylation sites (N-methyl/N-ethyl adjacent to an activating group) is 1. The van der Waals surface area contributed by atoms with E-state index in [-0.39, 0.29) is 23.4 Å². The van der Waals surface area contributed by atoms with Crippen LogP contribution in [0.1, 0.15) is 36.9 Å². The molecule has 150 valence electrons. The number of fused-ring (bicyclic) bond motifs is 1. The molecule has 1 aliphatic carbocycles. The Morgan fingerprint density at radius 3 is 2.61 bits per heavy atom. The standard InChI is InChI=1S/C21H26N2O4S/c1-3-27-17-11-13-18(14-12-17)28(25,26)23(2)15-21(24)22-20-10-6-8-16-7-4-5-9-19(16)20/h4-5,7,9,11-14,20H,3,6,8,10,15H2,1-2H3,(H,22,24)/t20-/m1/s1. The lowest BCUT2D eigenvalue weighted by atomic mass is 9.88. The number of aryl methyl sites for hydroxylation is 1. The van der Waals surface area contributed by atoms with E-state index in [4.69, 9.17) is 4.74 Å². The third kappa shape index (κ3) is 4.54. The fourth-order valence-electron chi connectivity index (χ4n) is 3.49. The number of carbonyl (C=O) groups is 1. The van der Waals surface area contributed by atoms with Gasteiger partial charge in [-0.05, 0) is 61.6 Å². The van der Waals surface area contributed by atoms with Crippen molar-refractivity contribution in [2.24, 2.45) is 0 Å². The van der Waals surface area contributed by atoms with Crippen molar-refractivity contribution in [2.75, 3.05) is 20.2 Å². The van der Waals surface area contributed by atoms with Crippen LogP contribution in [-0.2, 0) is 21.2 Å². The van der Waals surface area contributed by atoms with E-state index in [1.165, 1.54) is 24.7 Å². The van der Waals surface area contributed by atoms with Gasteiger partial charge in [-0.25, -0.2) is 8.42 Å². The van der Waals surface area contributed by atoms with Gasteiger partial charge in [0.2, 0.25) is 15.9 Å². The SMILES string of the molecule is CCOc1ccc(S(=O)(=O)N(C)CC(=O)N[C@@H]2CCCc3ccccc32)cc1. The zero-order valence-electron chi connectivity index (χ0n) is 16.2. The van der Waals surface area contributed by atoms with Crippen molar-refractivity contribution < 1.29 is 17.9 Å². The lowest BCUT2D eigenvalue weighted by molar-refractivity contribution is -0.122. The molecule has 0 saturated heterocycles. The van der Waals surface area contributed by atoms with Gasteiger partial charge in [0.25, 0.3) is 0 Å². The molecule has 0 aromatic heterocycles. The van der Waals surface area contributed by atoms with Crippen LogP contribution >= 0.6 is 0 Å². The molecular weight excluding hydrogens is 376 g/mol. The molecule has 0 aliphatic heterocycles. The fraction of sp³-hybridized carbons (Fsp3) is 0.381. The first-order valence-corrected chi connectivity index (χ1v) is 10.9. The Balaban J connectivity index is 1.65. The van der Waals surface area contributed by atoms with Crippen molar-refractivity contribution in [2.45, 2.75) is 37.1 Å². The maximum atomic E-state index is 12.7. The summed E-state index contributed by atoms with van der Waals surface area (Å²) in [6, 6.07) is 14.2. The van der Waals surface area contributed by atoms with Crippen molar-refractivity contribution >= 4 is 15.9 Å². The van der Waals surface area contributed by atoms with E-state index in [9.17, 15) is 13.2 Å². The molecule has 0 heterocycles. The molecule has 0 bridgehead atoms. The van der Waals surface area contributed by atoms with Crippen LogP contribution in [-0.4, -0.2) is 38.8 Å². The van der Waals surface area contributed by atoms with E-state index >= 15 is 0 Å². The average molecular weight is 403 g/mol. The first-order chi connectivity index (χ1) is 13.4. The van der Waals surface area contributed by atoms with Crippen molar-refractivity contribution in [1.82, 2.24) is 9.62 Å². The summed E-state index contributed by atoms with van der Waals surface area (Å²) in [4.78, 5) is 12.6. The maximum absolute atomic E-state index is 12.7. The Hall–Kier alpha value is -2.38. The Morgan fingerprint density at radius 2 is 1.89 bits per heavy atom. The number of carbonyl (C=O) groups excluding carboxylic acids is 1. The molecule has 0 radical (unpaired) electrons. The van der Waals surface area contributed by atoms with Crippen LogP contribution < -0.4 is 10.1 Å². The molecule has 0 fully saturated rings. The van der Waals surface area contributed by atoms with Crippen LogP contribution in [0, 0.1) is 0 Å². The van der Waals surface area contributed by atoms with Gasteiger partial charge in [0.05, 0.1) is 24.1 Å². The molecular formula is C21H26N2O4S. The highest BCUT2D eigenvalue weighted by Gasteiger charge is 2.26. The minimum absolute atomic E-state index is 0.0703. The second kappa shape index (κ2) is 8.75. The predicted octanol–water partition coefficient (Wildman–Crippen LogP) is 2.90. The zero-order valence-corrected chi connectivity index (χ0v) is 17.0. The average Bonchev–Trinajstić information content (AvgIpc) is 2.69. The van der Waals surface area contributed by atoms with Crippen LogP contribution in [0.15, 0.2) is 53.4 Å². The van der Waals surface area contributed by atoms with Crippen molar-refractivity contribution in [1.29, 1.82) is 0 Å². The van der Waals surface area contributed by atoms with Gasteiger partial charge in [-0.1, -0.05) is 24.3 Å². The Kier molecular flexibility index (Phi) is 6.36. The highest BCUT2D eigenvalue weighted by Crippen LogP contribution is 2.29. The highest BCUT2D eigenvalue weighted by molar-refractivity contribution is 7.89. The quantitative estimate of drug-likeness (QED) is 0.773. The fourth-order valence-corrected chi connectivity index (χ4v) is 4.61. The summed E-state index contributed by atoms with van der Waals surface area (Å²) in [6.07, 6.45) is 2.87. The van der Waals surface area contributed by atoms with Crippen LogP contribution in [0.4, 0.5) is 0 Å². The summed E-state index contributed by atoms with van der Waals surface area (Å²) >= 11 is 0. The summed E-state index contributed by atoms with van der Waals surface area (Å²) in [5, 5.41) is 2.99. The van der Waals surface area contributed by atoms with E-state index in [1.54, 1.807) is 12.1 Å². The zero-order chi connectivity index (χ0) is 20.1. The Morgan fingerprint density at radius 1 is 1.18 bits per heavy atom. The minimum Gasteiger partial charge on any atom is -0.494 e. The third-order valence-electron chi connectivity index (χ3n) is 4.91. The molecule has 1 atom stereocenters. The van der Waals surface area contributed by atoms with E-state index in [1.807, 2.05) is 25.1 Å². The highest BCUT2D eigenvalue weighted by atomic mass is 32.2. The number of hydrogen-bond donors (Lipinski definition) is 1. The minimum atomic E-state index is -3.75. The normalized spacial score (nSPS) is 16.5. The number of benzene rings is 2. The molecule has 28 heavy (non-hydrogen) atoms. The summed E-state index contributed by atoms with van der Waals surface area (Å²) in [5.41, 5.74) is 2.37. The van der Waals surface area contributed by atoms with E-state index in [0.717, 1.165) is 29.1 Å². The van der Waals surface area contributed by atoms with E-state index in [2.05, 4.69) is 11.4 Å². The number of nitrogens with zero attached hydrogens (tertiary/aromatic N) is 1. The number of amides is 1. The monoisotopic (exact) mass is 402 g/mol. The summed E-state index contributed by atoms with van der Waals surface area (Å²) in [7, 11) is -2.33. The first kappa shape index (κ1) is 20.4. The molecule has 1 aliphatic rings. The smallest absolute Gasteiger partial charge is 0.243 e.